The topological polar surface area (TPSA) is 102 Å². The van der Waals surface area contributed by atoms with Crippen LogP contribution >= 0.6 is 0 Å². The van der Waals surface area contributed by atoms with E-state index >= 15 is 0 Å². The van der Waals surface area contributed by atoms with Crippen molar-refractivity contribution in [2.24, 2.45) is 5.92 Å². The Hall–Kier alpha value is -2.31. The van der Waals surface area contributed by atoms with Gasteiger partial charge >= 0.3 is 5.82 Å². The van der Waals surface area contributed by atoms with E-state index in [2.05, 4.69) is 10.3 Å². The highest BCUT2D eigenvalue weighted by Gasteiger charge is 2.18. The average Bonchev–Trinajstić information content (AvgIpc) is 2.28. The molecular weight excluding hydrogens is 238 g/mol. The second-order valence-electron chi connectivity index (χ2n) is 4.09. The molecule has 2 amide bonds. The van der Waals surface area contributed by atoms with Gasteiger partial charge in [0, 0.05) is 12.0 Å². The van der Waals surface area contributed by atoms with Gasteiger partial charge in [0.25, 0.3) is 5.91 Å². The lowest BCUT2D eigenvalue weighted by molar-refractivity contribution is -0.389. The van der Waals surface area contributed by atoms with Crippen LogP contribution in [0.3, 0.4) is 0 Å². The summed E-state index contributed by atoms with van der Waals surface area (Å²) in [5.41, 5.74) is 0.542. The van der Waals surface area contributed by atoms with Crippen LogP contribution in [0.5, 0.6) is 0 Å². The fraction of sp³-hybridized carbons (Fsp3) is 0.364. The molecule has 0 aliphatic rings. The summed E-state index contributed by atoms with van der Waals surface area (Å²) < 4.78 is 0. The van der Waals surface area contributed by atoms with Gasteiger partial charge < -0.3 is 10.1 Å². The monoisotopic (exact) mass is 251 g/mol. The van der Waals surface area contributed by atoms with Crippen LogP contribution in [0.4, 0.5) is 5.82 Å². The minimum absolute atomic E-state index is 0.148. The standard InChI is InChI=1S/C11H13N3O4/c1-6(2)10(15)13-11(16)8-5-12-9(14(17)18)4-7(8)3/h4-6H,1-3H3,(H,13,15,16). The predicted octanol–water partition coefficient (Wildman–Crippen LogP) is 1.21. The van der Waals surface area contributed by atoms with Crippen molar-refractivity contribution in [3.63, 3.8) is 0 Å². The summed E-state index contributed by atoms with van der Waals surface area (Å²) in [5, 5.41) is 12.7. The Bertz CT molecular complexity index is 511. The van der Waals surface area contributed by atoms with Gasteiger partial charge in [0.2, 0.25) is 5.91 Å². The molecule has 0 atom stereocenters. The molecule has 0 bridgehead atoms. The van der Waals surface area contributed by atoms with Gasteiger partial charge in [-0.2, -0.15) is 0 Å². The molecule has 1 N–H and O–H groups in total. The summed E-state index contributed by atoms with van der Waals surface area (Å²) in [6.45, 7) is 4.86. The summed E-state index contributed by atoms with van der Waals surface area (Å²) in [7, 11) is 0. The van der Waals surface area contributed by atoms with E-state index in [1.807, 2.05) is 0 Å². The molecule has 1 aromatic rings. The van der Waals surface area contributed by atoms with Gasteiger partial charge in [-0.1, -0.05) is 13.8 Å². The van der Waals surface area contributed by atoms with E-state index < -0.39 is 16.7 Å². The number of imide groups is 1. The van der Waals surface area contributed by atoms with Crippen molar-refractivity contribution in [2.45, 2.75) is 20.8 Å². The number of hydrogen-bond donors (Lipinski definition) is 1. The maximum absolute atomic E-state index is 11.7. The van der Waals surface area contributed by atoms with Gasteiger partial charge in [-0.25, -0.2) is 0 Å². The lowest BCUT2D eigenvalue weighted by atomic mass is 10.1. The lowest BCUT2D eigenvalue weighted by Gasteiger charge is -2.07. The number of nitrogens with zero attached hydrogens (tertiary/aromatic N) is 2. The first-order chi connectivity index (χ1) is 8.32. The number of aryl methyl sites for hydroxylation is 1. The highest BCUT2D eigenvalue weighted by atomic mass is 16.6. The van der Waals surface area contributed by atoms with Crippen molar-refractivity contribution < 1.29 is 14.5 Å². The van der Waals surface area contributed by atoms with Crippen molar-refractivity contribution in [2.75, 3.05) is 0 Å². The molecule has 0 aliphatic heterocycles. The van der Waals surface area contributed by atoms with Gasteiger partial charge in [0.05, 0.1) is 5.56 Å². The fourth-order valence-electron chi connectivity index (χ4n) is 1.20. The van der Waals surface area contributed by atoms with Crippen molar-refractivity contribution in [1.29, 1.82) is 0 Å². The van der Waals surface area contributed by atoms with Crippen LogP contribution in [-0.4, -0.2) is 21.7 Å². The number of carbonyl (C=O) groups is 2. The maximum atomic E-state index is 11.7. The van der Waals surface area contributed by atoms with Crippen LogP contribution in [0.25, 0.3) is 0 Å². The minimum atomic E-state index is -0.645. The van der Waals surface area contributed by atoms with E-state index in [1.54, 1.807) is 20.8 Å². The van der Waals surface area contributed by atoms with Crippen LogP contribution in [0, 0.1) is 23.0 Å². The first-order valence-corrected chi connectivity index (χ1v) is 5.29. The molecular formula is C11H13N3O4. The highest BCUT2D eigenvalue weighted by molar-refractivity contribution is 6.05. The van der Waals surface area contributed by atoms with E-state index in [1.165, 1.54) is 6.07 Å². The zero-order valence-electron chi connectivity index (χ0n) is 10.3. The highest BCUT2D eigenvalue weighted by Crippen LogP contribution is 2.13. The third-order valence-corrected chi connectivity index (χ3v) is 2.29. The SMILES string of the molecule is Cc1cc([N+](=O)[O-])ncc1C(=O)NC(=O)C(C)C. The fourth-order valence-corrected chi connectivity index (χ4v) is 1.20. The summed E-state index contributed by atoms with van der Waals surface area (Å²) >= 11 is 0. The van der Waals surface area contributed by atoms with Crippen molar-refractivity contribution in [1.82, 2.24) is 10.3 Å². The van der Waals surface area contributed by atoms with E-state index in [9.17, 15) is 19.7 Å². The summed E-state index contributed by atoms with van der Waals surface area (Å²) in [6.07, 6.45) is 1.09. The van der Waals surface area contributed by atoms with Crippen LogP contribution in [-0.2, 0) is 4.79 Å². The first-order valence-electron chi connectivity index (χ1n) is 5.29. The summed E-state index contributed by atoms with van der Waals surface area (Å²) in [6, 6.07) is 1.19. The summed E-state index contributed by atoms with van der Waals surface area (Å²) in [4.78, 5) is 36.5. The Labute approximate surface area is 103 Å². The smallest absolute Gasteiger partial charge is 0.358 e. The van der Waals surface area contributed by atoms with E-state index in [4.69, 9.17) is 0 Å². The molecule has 0 aliphatic carbocycles. The maximum Gasteiger partial charge on any atom is 0.363 e. The van der Waals surface area contributed by atoms with Gasteiger partial charge in [-0.15, -0.1) is 0 Å². The second-order valence-corrected chi connectivity index (χ2v) is 4.09. The molecule has 0 unspecified atom stereocenters. The number of pyridine rings is 1. The molecule has 0 saturated heterocycles. The third kappa shape index (κ3) is 3.09. The third-order valence-electron chi connectivity index (χ3n) is 2.29. The second kappa shape index (κ2) is 5.35. The normalized spacial score (nSPS) is 10.2. The van der Waals surface area contributed by atoms with E-state index in [-0.39, 0.29) is 17.3 Å². The Kier molecular flexibility index (Phi) is 4.09. The molecule has 96 valence electrons. The van der Waals surface area contributed by atoms with Crippen LogP contribution < -0.4 is 5.32 Å². The molecule has 0 fully saturated rings. The molecule has 1 aromatic heterocycles. The number of rotatable bonds is 3. The van der Waals surface area contributed by atoms with Crippen molar-refractivity contribution in [3.05, 3.63) is 33.5 Å². The lowest BCUT2D eigenvalue weighted by Crippen LogP contribution is -2.34. The predicted molar refractivity (Wildman–Crippen MR) is 62.9 cm³/mol. The van der Waals surface area contributed by atoms with Gasteiger partial charge in [-0.05, 0) is 22.4 Å². The zero-order chi connectivity index (χ0) is 13.9. The number of hydrogen-bond acceptors (Lipinski definition) is 5. The largest absolute Gasteiger partial charge is 0.363 e. The molecule has 0 saturated carbocycles. The molecule has 18 heavy (non-hydrogen) atoms. The average molecular weight is 251 g/mol. The number of carbonyl (C=O) groups excluding carboxylic acids is 2. The molecule has 0 aromatic carbocycles. The molecule has 1 heterocycles. The van der Waals surface area contributed by atoms with Crippen LogP contribution in [0.2, 0.25) is 0 Å². The number of nitro groups is 1. The van der Waals surface area contributed by atoms with Gasteiger partial charge in [0.15, 0.2) is 6.20 Å². The number of aromatic nitrogens is 1. The Balaban J connectivity index is 2.94. The Morgan fingerprint density at radius 1 is 1.44 bits per heavy atom. The van der Waals surface area contributed by atoms with Crippen LogP contribution in [0.1, 0.15) is 29.8 Å². The molecule has 0 spiro atoms. The van der Waals surface area contributed by atoms with E-state index in [0.717, 1.165) is 6.20 Å². The molecule has 1 rings (SSSR count). The van der Waals surface area contributed by atoms with Crippen LogP contribution in [0.15, 0.2) is 12.3 Å². The first kappa shape index (κ1) is 13.8. The summed E-state index contributed by atoms with van der Waals surface area (Å²) in [5.74, 6) is -1.66. The molecule has 7 heteroatoms. The van der Waals surface area contributed by atoms with Crippen molar-refractivity contribution in [3.8, 4) is 0 Å². The quantitative estimate of drug-likeness (QED) is 0.642. The number of nitrogens with one attached hydrogen (secondary N) is 1. The molecule has 0 radical (unpaired) electrons. The Morgan fingerprint density at radius 3 is 2.50 bits per heavy atom. The molecule has 7 nitrogen and oxygen atoms in total. The van der Waals surface area contributed by atoms with Gasteiger partial charge in [-0.3, -0.25) is 14.9 Å². The minimum Gasteiger partial charge on any atom is -0.358 e. The van der Waals surface area contributed by atoms with Gasteiger partial charge in [0.1, 0.15) is 0 Å². The Morgan fingerprint density at radius 2 is 2.06 bits per heavy atom. The van der Waals surface area contributed by atoms with E-state index in [0.29, 0.717) is 5.56 Å². The number of amides is 2. The van der Waals surface area contributed by atoms with Crippen molar-refractivity contribution >= 4 is 17.6 Å². The zero-order valence-corrected chi connectivity index (χ0v) is 10.3.